The van der Waals surface area contributed by atoms with Gasteiger partial charge >= 0.3 is 0 Å². The molecule has 0 bridgehead atoms. The Bertz CT molecular complexity index is 1220. The Morgan fingerprint density at radius 1 is 1.29 bits per heavy atom. The van der Waals surface area contributed by atoms with Crippen molar-refractivity contribution in [2.75, 3.05) is 18.9 Å². The minimum absolute atomic E-state index is 0.0341. The van der Waals surface area contributed by atoms with Crippen LogP contribution in [0.1, 0.15) is 60.5 Å². The quantitative estimate of drug-likeness (QED) is 0.495. The van der Waals surface area contributed by atoms with Crippen molar-refractivity contribution < 1.29 is 14.1 Å². The molecule has 162 valence electrons. The molecule has 2 fully saturated rings. The van der Waals surface area contributed by atoms with Crippen LogP contribution in [0.25, 0.3) is 16.7 Å². The Hall–Kier alpha value is -3.00. The predicted octanol–water partition coefficient (Wildman–Crippen LogP) is 2.05. The van der Waals surface area contributed by atoms with E-state index in [4.69, 9.17) is 15.5 Å². The first kappa shape index (κ1) is 19.9. The van der Waals surface area contributed by atoms with Gasteiger partial charge in [-0.3, -0.25) is 14.0 Å². The summed E-state index contributed by atoms with van der Waals surface area (Å²) in [5, 5.41) is 3.35. The zero-order valence-electron chi connectivity index (χ0n) is 17.8. The van der Waals surface area contributed by atoms with Gasteiger partial charge in [0.1, 0.15) is 10.9 Å². The number of carbonyl (C=O) groups excluding carboxylic acids is 1. The number of pyridine rings is 2. The topological polar surface area (TPSA) is 103 Å². The fourth-order valence-electron chi connectivity index (χ4n) is 4.84. The third-order valence-corrected chi connectivity index (χ3v) is 6.49. The highest BCUT2D eigenvalue weighted by molar-refractivity contribution is 6.00. The number of rotatable bonds is 4. The summed E-state index contributed by atoms with van der Waals surface area (Å²) >= 11 is 0. The van der Waals surface area contributed by atoms with Crippen LogP contribution in [0.4, 0.5) is 5.82 Å². The van der Waals surface area contributed by atoms with Crippen LogP contribution < -0.4 is 21.2 Å². The molecule has 0 aromatic carbocycles. The predicted molar refractivity (Wildman–Crippen MR) is 117 cm³/mol. The molecule has 1 saturated carbocycles. The van der Waals surface area contributed by atoms with Crippen LogP contribution in [0, 0.1) is 6.92 Å². The largest absolute Gasteiger partial charge is 0.376 e. The number of amides is 1. The van der Waals surface area contributed by atoms with Gasteiger partial charge in [-0.1, -0.05) is 11.1 Å². The highest BCUT2D eigenvalue weighted by atomic mass is 16.5. The average molecular weight is 423 g/mol. The van der Waals surface area contributed by atoms with Crippen molar-refractivity contribution in [2.45, 2.75) is 57.6 Å². The summed E-state index contributed by atoms with van der Waals surface area (Å²) in [5.41, 5.74) is 8.77. The molecule has 31 heavy (non-hydrogen) atoms. The molecule has 1 saturated heterocycles. The van der Waals surface area contributed by atoms with Gasteiger partial charge in [-0.15, -0.1) is 0 Å². The molecule has 1 atom stereocenters. The molecule has 3 N–H and O–H groups in total. The molecule has 0 spiro atoms. The van der Waals surface area contributed by atoms with Crippen LogP contribution >= 0.6 is 0 Å². The molecule has 2 aliphatic rings. The zero-order valence-corrected chi connectivity index (χ0v) is 17.8. The Labute approximate surface area is 180 Å². The molecule has 8 heteroatoms. The summed E-state index contributed by atoms with van der Waals surface area (Å²) < 4.78 is 9.07. The first-order chi connectivity index (χ1) is 15.0. The second-order valence-corrected chi connectivity index (χ2v) is 8.69. The summed E-state index contributed by atoms with van der Waals surface area (Å²) in [4.78, 5) is 31.2. The number of anilines is 1. The van der Waals surface area contributed by atoms with Gasteiger partial charge in [0.2, 0.25) is 11.5 Å². The molecule has 1 aliphatic heterocycles. The van der Waals surface area contributed by atoms with Crippen LogP contribution in [-0.4, -0.2) is 34.5 Å². The molecular weight excluding hydrogens is 394 g/mol. The van der Waals surface area contributed by atoms with Gasteiger partial charge in [-0.25, -0.2) is 4.57 Å². The lowest BCUT2D eigenvalue weighted by Gasteiger charge is -2.17. The molecule has 1 amide bonds. The van der Waals surface area contributed by atoms with Crippen molar-refractivity contribution >= 4 is 28.4 Å². The highest BCUT2D eigenvalue weighted by Crippen LogP contribution is 2.28. The van der Waals surface area contributed by atoms with Gasteiger partial charge in [-0.05, 0) is 63.1 Å². The van der Waals surface area contributed by atoms with E-state index in [0.717, 1.165) is 50.7 Å². The van der Waals surface area contributed by atoms with Crippen LogP contribution in [-0.2, 0) is 4.74 Å². The van der Waals surface area contributed by atoms with Crippen molar-refractivity contribution in [3.05, 3.63) is 45.9 Å². The van der Waals surface area contributed by atoms with E-state index in [1.807, 2.05) is 23.6 Å². The van der Waals surface area contributed by atoms with Crippen molar-refractivity contribution in [1.82, 2.24) is 14.7 Å². The van der Waals surface area contributed by atoms with E-state index in [2.05, 4.69) is 5.32 Å². The van der Waals surface area contributed by atoms with Crippen molar-refractivity contribution in [2.24, 2.45) is 0 Å². The number of nitrogen functional groups attached to an aromatic ring is 1. The lowest BCUT2D eigenvalue weighted by Crippen LogP contribution is -2.46. The Kier molecular flexibility index (Phi) is 5.09. The maximum Gasteiger partial charge on any atom is 0.278 e. The molecule has 3 aromatic rings. The van der Waals surface area contributed by atoms with Crippen LogP contribution in [0.5, 0.6) is 0 Å². The van der Waals surface area contributed by atoms with Gasteiger partial charge in [0.05, 0.1) is 12.1 Å². The number of nitrogens with zero attached hydrogens (tertiary/aromatic N) is 3. The molecule has 4 heterocycles. The number of nitrogens with one attached hydrogen (secondary N) is 1. The van der Waals surface area contributed by atoms with Gasteiger partial charge in [0.15, 0.2) is 0 Å². The van der Waals surface area contributed by atoms with Gasteiger partial charge < -0.3 is 15.8 Å². The van der Waals surface area contributed by atoms with E-state index in [1.54, 1.807) is 16.7 Å². The van der Waals surface area contributed by atoms with Crippen LogP contribution in [0.15, 0.2) is 29.2 Å². The number of carbonyl (C=O) groups is 1. The Morgan fingerprint density at radius 2 is 2.10 bits per heavy atom. The van der Waals surface area contributed by atoms with E-state index >= 15 is 0 Å². The smallest absolute Gasteiger partial charge is 0.278 e. The Balaban J connectivity index is 1.67. The van der Waals surface area contributed by atoms with E-state index in [-0.39, 0.29) is 23.6 Å². The summed E-state index contributed by atoms with van der Waals surface area (Å²) in [7, 11) is 0. The highest BCUT2D eigenvalue weighted by Gasteiger charge is 2.31. The van der Waals surface area contributed by atoms with Gasteiger partial charge in [0.25, 0.3) is 17.1 Å². The number of hydrogen-bond acceptors (Lipinski definition) is 5. The summed E-state index contributed by atoms with van der Waals surface area (Å²) in [5.74, 6) is 0.0861. The minimum atomic E-state index is -0.282. The molecule has 1 aliphatic carbocycles. The lowest BCUT2D eigenvalue weighted by molar-refractivity contribution is -0.685. The standard InChI is InChI=1S/C23H27N5O3/c1-14-8-9-19-26-21-18(23(30)27(19)13-14)11-17(20(24)28(21)15-5-2-3-6-15)22(29)25-12-16-7-4-10-31-16/h8-9,11,13,15-16,24H,2-7,10,12H2,1H3,(H,25,29)/p+1/t16-/m1/s1. The average Bonchev–Trinajstić information content (AvgIpc) is 3.47. The molecule has 3 aromatic heterocycles. The number of ether oxygens (including phenoxy) is 1. The number of aryl methyl sites for hydroxylation is 1. The maximum atomic E-state index is 13.4. The summed E-state index contributed by atoms with van der Waals surface area (Å²) in [6.45, 7) is 3.10. The second-order valence-electron chi connectivity index (χ2n) is 8.69. The number of hydrogen-bond donors (Lipinski definition) is 2. The fourth-order valence-corrected chi connectivity index (χ4v) is 4.84. The molecule has 5 rings (SSSR count). The van der Waals surface area contributed by atoms with Crippen LogP contribution in [0.2, 0.25) is 0 Å². The lowest BCUT2D eigenvalue weighted by atomic mass is 10.1. The van der Waals surface area contributed by atoms with Gasteiger partial charge in [-0.2, -0.15) is 0 Å². The SMILES string of the molecule is Cc1ccc2nc3c(cc(C(=O)NC[C@H]4CCCO4)c(N)[n+]3C3CCCC3)c(=O)n2c1. The molecule has 0 unspecified atom stereocenters. The zero-order chi connectivity index (χ0) is 21.5. The van der Waals surface area contributed by atoms with E-state index in [0.29, 0.717) is 34.6 Å². The molecular formula is C23H28N5O3+. The normalized spacial score (nSPS) is 19.5. The molecule has 0 radical (unpaired) electrons. The second kappa shape index (κ2) is 7.92. The number of nitrogens with two attached hydrogens (primary N) is 1. The summed E-state index contributed by atoms with van der Waals surface area (Å²) in [6, 6.07) is 5.51. The third-order valence-electron chi connectivity index (χ3n) is 6.49. The van der Waals surface area contributed by atoms with E-state index in [9.17, 15) is 9.59 Å². The first-order valence-electron chi connectivity index (χ1n) is 11.1. The fraction of sp³-hybridized carbons (Fsp3) is 0.478. The minimum Gasteiger partial charge on any atom is -0.376 e. The van der Waals surface area contributed by atoms with E-state index in [1.165, 1.54) is 0 Å². The maximum absolute atomic E-state index is 13.4. The number of aromatic nitrogens is 3. The first-order valence-corrected chi connectivity index (χ1v) is 11.1. The van der Waals surface area contributed by atoms with E-state index < -0.39 is 0 Å². The Morgan fingerprint density at radius 3 is 2.84 bits per heavy atom. The monoisotopic (exact) mass is 422 g/mol. The number of fused-ring (bicyclic) bond motifs is 2. The van der Waals surface area contributed by atoms with Crippen molar-refractivity contribution in [1.29, 1.82) is 0 Å². The molecule has 8 nitrogen and oxygen atoms in total. The summed E-state index contributed by atoms with van der Waals surface area (Å²) in [6.07, 6.45) is 7.87. The van der Waals surface area contributed by atoms with Gasteiger partial charge in [0, 0.05) is 19.3 Å². The van der Waals surface area contributed by atoms with Crippen LogP contribution in [0.3, 0.4) is 0 Å². The van der Waals surface area contributed by atoms with Crippen molar-refractivity contribution in [3.8, 4) is 0 Å². The van der Waals surface area contributed by atoms with Crippen molar-refractivity contribution in [3.63, 3.8) is 0 Å². The third kappa shape index (κ3) is 3.54.